The Morgan fingerprint density at radius 1 is 0.958 bits per heavy atom. The van der Waals surface area contributed by atoms with Crippen molar-refractivity contribution in [1.29, 1.82) is 0 Å². The van der Waals surface area contributed by atoms with E-state index in [1.807, 2.05) is 34.9 Å². The van der Waals surface area contributed by atoms with Crippen LogP contribution in [0.5, 0.6) is 0 Å². The number of anilines is 1. The Kier molecular flexibility index (Phi) is 4.09. The van der Waals surface area contributed by atoms with Crippen LogP contribution in [0.2, 0.25) is 0 Å². The number of imidazole rings is 1. The summed E-state index contributed by atoms with van der Waals surface area (Å²) in [4.78, 5) is 17.9. The minimum absolute atomic E-state index is 0.0245. The Hall–Kier alpha value is -2.53. The highest BCUT2D eigenvalue weighted by atomic mass is 16.1. The summed E-state index contributed by atoms with van der Waals surface area (Å²) < 4.78 is 1.86. The number of H-pyrrole nitrogens is 1. The van der Waals surface area contributed by atoms with Gasteiger partial charge < -0.3 is 15.2 Å². The summed E-state index contributed by atoms with van der Waals surface area (Å²) in [6.07, 6.45) is 0.853. The highest BCUT2D eigenvalue weighted by Crippen LogP contribution is 2.24. The largest absolute Gasteiger partial charge is 0.367 e. The van der Waals surface area contributed by atoms with Gasteiger partial charge in [-0.25, -0.2) is 4.79 Å². The van der Waals surface area contributed by atoms with Crippen LogP contribution in [-0.4, -0.2) is 35.7 Å². The third kappa shape index (κ3) is 2.83. The van der Waals surface area contributed by atoms with Crippen molar-refractivity contribution >= 4 is 16.7 Å². The average Bonchev–Trinajstić information content (AvgIpc) is 2.97. The molecular weight excluding hydrogens is 300 g/mol. The monoisotopic (exact) mass is 322 g/mol. The second kappa shape index (κ2) is 6.53. The lowest BCUT2D eigenvalue weighted by Crippen LogP contribution is -2.43. The fraction of sp³-hybridized carbons (Fsp3) is 0.316. The highest BCUT2D eigenvalue weighted by molar-refractivity contribution is 5.89. The molecule has 0 amide bonds. The van der Waals surface area contributed by atoms with Gasteiger partial charge in [-0.05, 0) is 24.1 Å². The molecule has 0 bridgehead atoms. The number of rotatable bonds is 4. The number of hydrogen-bond acceptors (Lipinski definition) is 3. The molecule has 0 atom stereocenters. The molecule has 24 heavy (non-hydrogen) atoms. The number of nitrogens with zero attached hydrogens (tertiary/aromatic N) is 2. The molecule has 5 nitrogen and oxygen atoms in total. The first-order valence-electron chi connectivity index (χ1n) is 8.54. The lowest BCUT2D eigenvalue weighted by atomic mass is 10.1. The molecule has 124 valence electrons. The van der Waals surface area contributed by atoms with Crippen LogP contribution in [0.25, 0.3) is 11.0 Å². The SMILES string of the molecule is O=c1[nH]c2c(N3CCNCC3)cccc2n1CCc1ccccc1. The van der Waals surface area contributed by atoms with Gasteiger partial charge in [0.25, 0.3) is 0 Å². The van der Waals surface area contributed by atoms with Crippen molar-refractivity contribution in [1.82, 2.24) is 14.9 Å². The number of nitrogens with one attached hydrogen (secondary N) is 2. The van der Waals surface area contributed by atoms with Crippen LogP contribution in [0.3, 0.4) is 0 Å². The van der Waals surface area contributed by atoms with E-state index >= 15 is 0 Å². The zero-order valence-corrected chi connectivity index (χ0v) is 13.7. The molecule has 1 fully saturated rings. The van der Waals surface area contributed by atoms with Gasteiger partial charge in [-0.1, -0.05) is 36.4 Å². The number of aromatic amines is 1. The van der Waals surface area contributed by atoms with E-state index in [9.17, 15) is 4.79 Å². The molecule has 1 saturated heterocycles. The Bertz CT molecular complexity index is 875. The predicted octanol–water partition coefficient (Wildman–Crippen LogP) is 1.98. The van der Waals surface area contributed by atoms with Crippen LogP contribution < -0.4 is 15.9 Å². The summed E-state index contributed by atoms with van der Waals surface area (Å²) >= 11 is 0. The number of aryl methyl sites for hydroxylation is 2. The van der Waals surface area contributed by atoms with Gasteiger partial charge in [0.15, 0.2) is 0 Å². The van der Waals surface area contributed by atoms with Crippen molar-refractivity contribution in [2.24, 2.45) is 0 Å². The molecule has 1 aromatic heterocycles. The topological polar surface area (TPSA) is 53.1 Å². The van der Waals surface area contributed by atoms with E-state index in [1.54, 1.807) is 0 Å². The van der Waals surface area contributed by atoms with Crippen LogP contribution in [-0.2, 0) is 13.0 Å². The van der Waals surface area contributed by atoms with Crippen LogP contribution in [0.4, 0.5) is 5.69 Å². The molecule has 0 aliphatic carbocycles. The smallest absolute Gasteiger partial charge is 0.326 e. The van der Waals surface area contributed by atoms with Gasteiger partial charge in [0, 0.05) is 32.7 Å². The molecule has 0 radical (unpaired) electrons. The van der Waals surface area contributed by atoms with Gasteiger partial charge in [0.2, 0.25) is 0 Å². The normalized spacial score (nSPS) is 15.1. The molecule has 2 aromatic carbocycles. The fourth-order valence-corrected chi connectivity index (χ4v) is 3.44. The molecule has 4 rings (SSSR count). The summed E-state index contributed by atoms with van der Waals surface area (Å²) in [5, 5.41) is 3.37. The van der Waals surface area contributed by atoms with E-state index < -0.39 is 0 Å². The lowest BCUT2D eigenvalue weighted by Gasteiger charge is -2.29. The second-order valence-electron chi connectivity index (χ2n) is 6.23. The number of aromatic nitrogens is 2. The third-order valence-corrected chi connectivity index (χ3v) is 4.71. The molecule has 2 heterocycles. The zero-order chi connectivity index (χ0) is 16.4. The molecule has 1 aliphatic heterocycles. The van der Waals surface area contributed by atoms with E-state index in [0.29, 0.717) is 6.54 Å². The summed E-state index contributed by atoms with van der Waals surface area (Å²) in [5.41, 5.74) is 4.30. The fourth-order valence-electron chi connectivity index (χ4n) is 3.44. The molecular formula is C19H22N4O. The molecule has 0 saturated carbocycles. The molecule has 0 unspecified atom stereocenters. The Labute approximate surface area is 140 Å². The third-order valence-electron chi connectivity index (χ3n) is 4.71. The van der Waals surface area contributed by atoms with Crippen molar-refractivity contribution in [2.75, 3.05) is 31.1 Å². The van der Waals surface area contributed by atoms with Crippen LogP contribution in [0.15, 0.2) is 53.3 Å². The standard InChI is InChI=1S/C19H22N4O/c24-19-21-18-16(22-13-10-20-11-14-22)7-4-8-17(18)23(19)12-9-15-5-2-1-3-6-15/h1-8,20H,9-14H2,(H,21,24). The van der Waals surface area contributed by atoms with Crippen molar-refractivity contribution < 1.29 is 0 Å². The summed E-state index contributed by atoms with van der Waals surface area (Å²) in [6, 6.07) is 16.5. The molecule has 3 aromatic rings. The van der Waals surface area contributed by atoms with Gasteiger partial charge >= 0.3 is 5.69 Å². The average molecular weight is 322 g/mol. The van der Waals surface area contributed by atoms with Gasteiger partial charge in [-0.2, -0.15) is 0 Å². The second-order valence-corrected chi connectivity index (χ2v) is 6.23. The summed E-state index contributed by atoms with van der Waals surface area (Å²) in [7, 11) is 0. The van der Waals surface area contributed by atoms with Crippen LogP contribution >= 0.6 is 0 Å². The molecule has 0 spiro atoms. The van der Waals surface area contributed by atoms with Gasteiger partial charge in [0.1, 0.15) is 0 Å². The first kappa shape index (κ1) is 15.0. The minimum atomic E-state index is -0.0245. The maximum Gasteiger partial charge on any atom is 0.326 e. The number of piperazine rings is 1. The van der Waals surface area contributed by atoms with Crippen molar-refractivity contribution in [2.45, 2.75) is 13.0 Å². The molecule has 5 heteroatoms. The van der Waals surface area contributed by atoms with E-state index in [2.05, 4.69) is 33.4 Å². The highest BCUT2D eigenvalue weighted by Gasteiger charge is 2.16. The first-order valence-corrected chi connectivity index (χ1v) is 8.54. The predicted molar refractivity (Wildman–Crippen MR) is 97.8 cm³/mol. The van der Waals surface area contributed by atoms with Crippen molar-refractivity contribution in [3.8, 4) is 0 Å². The maximum atomic E-state index is 12.5. The van der Waals surface area contributed by atoms with E-state index in [4.69, 9.17) is 0 Å². The first-order chi connectivity index (χ1) is 11.8. The summed E-state index contributed by atoms with van der Waals surface area (Å²) in [5.74, 6) is 0. The summed E-state index contributed by atoms with van der Waals surface area (Å²) in [6.45, 7) is 4.59. The van der Waals surface area contributed by atoms with Crippen LogP contribution in [0.1, 0.15) is 5.56 Å². The Morgan fingerprint density at radius 3 is 2.54 bits per heavy atom. The number of para-hydroxylation sites is 1. The maximum absolute atomic E-state index is 12.5. The van der Waals surface area contributed by atoms with Crippen molar-refractivity contribution in [3.05, 3.63) is 64.6 Å². The Morgan fingerprint density at radius 2 is 1.75 bits per heavy atom. The van der Waals surface area contributed by atoms with Gasteiger partial charge in [-0.15, -0.1) is 0 Å². The van der Waals surface area contributed by atoms with E-state index in [1.165, 1.54) is 5.56 Å². The van der Waals surface area contributed by atoms with Crippen LogP contribution in [0, 0.1) is 0 Å². The number of hydrogen-bond donors (Lipinski definition) is 2. The van der Waals surface area contributed by atoms with Gasteiger partial charge in [0.05, 0.1) is 16.7 Å². The quantitative estimate of drug-likeness (QED) is 0.772. The lowest BCUT2D eigenvalue weighted by molar-refractivity contribution is 0.590. The Balaban J connectivity index is 1.67. The minimum Gasteiger partial charge on any atom is -0.367 e. The number of benzene rings is 2. The van der Waals surface area contributed by atoms with Crippen molar-refractivity contribution in [3.63, 3.8) is 0 Å². The number of fused-ring (bicyclic) bond motifs is 1. The zero-order valence-electron chi connectivity index (χ0n) is 13.7. The van der Waals surface area contributed by atoms with E-state index in [0.717, 1.165) is 49.3 Å². The van der Waals surface area contributed by atoms with E-state index in [-0.39, 0.29) is 5.69 Å². The molecule has 2 N–H and O–H groups in total. The molecule has 1 aliphatic rings. The van der Waals surface area contributed by atoms with Gasteiger partial charge in [-0.3, -0.25) is 4.57 Å².